The van der Waals surface area contributed by atoms with Gasteiger partial charge in [0.05, 0.1) is 22.5 Å². The first kappa shape index (κ1) is 46.7. The Kier molecular flexibility index (Phi) is 13.5. The predicted octanol–water partition coefficient (Wildman–Crippen LogP) is 8.06. The van der Waals surface area contributed by atoms with Crippen molar-refractivity contribution in [1.82, 2.24) is 35.0 Å². The molecule has 0 atom stereocenters. The zero-order valence-corrected chi connectivity index (χ0v) is 36.0. The molecule has 0 spiro atoms. The highest BCUT2D eigenvalue weighted by molar-refractivity contribution is 5.96. The Labute approximate surface area is 362 Å². The van der Waals surface area contributed by atoms with E-state index in [1.807, 2.05) is 11.9 Å². The highest BCUT2D eigenvalue weighted by Crippen LogP contribution is 2.35. The molecule has 6 aromatic rings. The summed E-state index contributed by atoms with van der Waals surface area (Å²) in [7, 11) is 1.82. The second-order valence-electron chi connectivity index (χ2n) is 15.4. The molecule has 0 saturated heterocycles. The van der Waals surface area contributed by atoms with Crippen LogP contribution in [0.4, 0.5) is 26.3 Å². The summed E-state index contributed by atoms with van der Waals surface area (Å²) in [5.41, 5.74) is -1.07. The van der Waals surface area contributed by atoms with Gasteiger partial charge in [-0.3, -0.25) is 28.3 Å². The van der Waals surface area contributed by atoms with Gasteiger partial charge in [0.25, 0.3) is 22.9 Å². The topological polar surface area (TPSA) is 158 Å². The van der Waals surface area contributed by atoms with E-state index in [4.69, 9.17) is 9.05 Å². The number of rotatable bonds is 14. The number of aryl methyl sites for hydroxylation is 4. The van der Waals surface area contributed by atoms with Crippen molar-refractivity contribution in [2.75, 3.05) is 33.2 Å². The summed E-state index contributed by atoms with van der Waals surface area (Å²) in [6, 6.07) is 11.3. The first-order valence-corrected chi connectivity index (χ1v) is 20.1. The summed E-state index contributed by atoms with van der Waals surface area (Å²) in [4.78, 5) is 56.8. The second kappa shape index (κ2) is 18.5. The van der Waals surface area contributed by atoms with Gasteiger partial charge in [-0.05, 0) is 123 Å². The van der Waals surface area contributed by atoms with Crippen molar-refractivity contribution in [3.63, 3.8) is 0 Å². The summed E-state index contributed by atoms with van der Waals surface area (Å²) in [6.07, 6.45) is -8.49. The predicted molar refractivity (Wildman–Crippen MR) is 225 cm³/mol. The minimum absolute atomic E-state index is 0.0781. The molecule has 0 unspecified atom stereocenters. The van der Waals surface area contributed by atoms with Gasteiger partial charge in [-0.2, -0.15) is 26.3 Å². The molecular weight excluding hydrogens is 849 g/mol. The number of nitrogens with one attached hydrogen (secondary N) is 2. The fourth-order valence-corrected chi connectivity index (χ4v) is 7.64. The van der Waals surface area contributed by atoms with Gasteiger partial charge >= 0.3 is 12.4 Å². The van der Waals surface area contributed by atoms with Crippen molar-refractivity contribution in [1.29, 1.82) is 0 Å². The smallest absolute Gasteiger partial charge is 0.361 e. The Morgan fingerprint density at radius 2 is 1.00 bits per heavy atom. The van der Waals surface area contributed by atoms with E-state index in [-0.39, 0.29) is 47.0 Å². The maximum absolute atomic E-state index is 13.8. The lowest BCUT2D eigenvalue weighted by Crippen LogP contribution is -2.36. The maximum atomic E-state index is 13.8. The number of carbonyl (C=O) groups is 2. The van der Waals surface area contributed by atoms with Crippen molar-refractivity contribution >= 4 is 11.8 Å². The van der Waals surface area contributed by atoms with Gasteiger partial charge in [0.2, 0.25) is 0 Å². The lowest BCUT2D eigenvalue weighted by Gasteiger charge is -2.19. The van der Waals surface area contributed by atoms with E-state index < -0.39 is 46.4 Å². The molecule has 338 valence electrons. The molecule has 2 aromatic carbocycles. The highest BCUT2D eigenvalue weighted by atomic mass is 19.4. The van der Waals surface area contributed by atoms with E-state index in [1.54, 1.807) is 41.5 Å². The second-order valence-corrected chi connectivity index (χ2v) is 15.4. The largest absolute Gasteiger partial charge is 0.416 e. The lowest BCUT2D eigenvalue weighted by molar-refractivity contribution is -0.138. The Morgan fingerprint density at radius 3 is 1.33 bits per heavy atom. The summed E-state index contributed by atoms with van der Waals surface area (Å²) in [5.74, 6) is -0.688. The Balaban J connectivity index is 1.11. The molecule has 4 heterocycles. The molecule has 64 heavy (non-hydrogen) atoms. The van der Waals surface area contributed by atoms with Crippen LogP contribution in [0.3, 0.4) is 0 Å². The molecule has 19 heteroatoms. The van der Waals surface area contributed by atoms with Gasteiger partial charge in [0.1, 0.15) is 22.6 Å². The van der Waals surface area contributed by atoms with Gasteiger partial charge < -0.3 is 24.6 Å². The van der Waals surface area contributed by atoms with Crippen LogP contribution in [0.15, 0.2) is 79.3 Å². The van der Waals surface area contributed by atoms with E-state index in [2.05, 4.69) is 20.9 Å². The molecule has 0 fully saturated rings. The fourth-order valence-electron chi connectivity index (χ4n) is 7.64. The van der Waals surface area contributed by atoms with Crippen LogP contribution in [-0.4, -0.2) is 69.4 Å². The number of halogens is 6. The quantitative estimate of drug-likeness (QED) is 0.0816. The highest BCUT2D eigenvalue weighted by Gasteiger charge is 2.33. The molecule has 0 aliphatic heterocycles. The summed E-state index contributed by atoms with van der Waals surface area (Å²) in [5, 5.41) is 13.4. The van der Waals surface area contributed by atoms with E-state index >= 15 is 0 Å². The van der Waals surface area contributed by atoms with Crippen molar-refractivity contribution < 1.29 is 45.0 Å². The van der Waals surface area contributed by atoms with Gasteiger partial charge in [0.15, 0.2) is 0 Å². The van der Waals surface area contributed by atoms with E-state index in [0.717, 1.165) is 33.4 Å². The van der Waals surface area contributed by atoms with E-state index in [0.29, 0.717) is 71.1 Å². The third kappa shape index (κ3) is 9.73. The number of pyridine rings is 2. The van der Waals surface area contributed by atoms with E-state index in [1.165, 1.54) is 36.4 Å². The molecule has 0 aliphatic rings. The number of carbonyl (C=O) groups excluding carboxylic acids is 2. The number of hydrogen-bond donors (Lipinski definition) is 2. The van der Waals surface area contributed by atoms with Crippen molar-refractivity contribution in [2.45, 2.75) is 66.7 Å². The van der Waals surface area contributed by atoms with Gasteiger partial charge in [0, 0.05) is 58.1 Å². The van der Waals surface area contributed by atoms with E-state index in [9.17, 15) is 45.5 Å². The van der Waals surface area contributed by atoms with Crippen molar-refractivity contribution in [3.05, 3.63) is 138 Å². The van der Waals surface area contributed by atoms with Gasteiger partial charge in [-0.1, -0.05) is 22.4 Å². The fraction of sp³-hybridized carbons (Fsp3) is 0.333. The molecule has 2 N–H and O–H groups in total. The number of nitrogens with zero attached hydrogens (tertiary/aromatic N) is 5. The zero-order valence-electron chi connectivity index (χ0n) is 36.0. The Morgan fingerprint density at radius 1 is 0.625 bits per heavy atom. The normalized spacial score (nSPS) is 12.0. The molecule has 2 amide bonds. The van der Waals surface area contributed by atoms with Crippen molar-refractivity contribution in [2.24, 2.45) is 0 Å². The third-order valence-electron chi connectivity index (χ3n) is 10.9. The van der Waals surface area contributed by atoms with Crippen LogP contribution in [-0.2, 0) is 12.4 Å². The molecule has 6 rings (SSSR count). The summed E-state index contributed by atoms with van der Waals surface area (Å²) < 4.78 is 94.8. The molecule has 0 aliphatic carbocycles. The van der Waals surface area contributed by atoms with Crippen LogP contribution >= 0.6 is 0 Å². The van der Waals surface area contributed by atoms with Crippen LogP contribution < -0.4 is 21.8 Å². The average Bonchev–Trinajstić information content (AvgIpc) is 3.75. The standard InChI is InChI=1S/C45H45F6N7O6/c1-24-38(28(5)63-54-24)34-22-36(42(61)57(26(34)3)32-14-8-12-30(20-32)44(46,47)48)40(59)52-16-10-18-56(7)19-11-17-53-41(60)37-23-35(39-25(2)55-64-29(39)6)27(4)58(43(37)62)33-15-9-13-31(21-33)45(49,50)51/h8-9,12-15,20-23H,10-11,16-19H2,1-7H3,(H,52,59)(H,53,60). The molecular formula is C45H45F6N7O6. The van der Waals surface area contributed by atoms with Crippen LogP contribution in [0.2, 0.25) is 0 Å². The minimum atomic E-state index is -4.68. The minimum Gasteiger partial charge on any atom is -0.361 e. The van der Waals surface area contributed by atoms with Gasteiger partial charge in [-0.25, -0.2) is 0 Å². The first-order valence-electron chi connectivity index (χ1n) is 20.1. The van der Waals surface area contributed by atoms with Crippen molar-refractivity contribution in [3.8, 4) is 33.6 Å². The maximum Gasteiger partial charge on any atom is 0.416 e. The number of amides is 2. The van der Waals surface area contributed by atoms with Crippen LogP contribution in [0, 0.1) is 41.5 Å². The average molecular weight is 894 g/mol. The monoisotopic (exact) mass is 893 g/mol. The lowest BCUT2D eigenvalue weighted by atomic mass is 9.99. The number of alkyl halides is 6. The van der Waals surface area contributed by atoms with Crippen LogP contribution in [0.1, 0.15) is 79.0 Å². The number of benzene rings is 2. The third-order valence-corrected chi connectivity index (χ3v) is 10.9. The number of hydrogen-bond acceptors (Lipinski definition) is 9. The Bertz CT molecular complexity index is 2620. The SMILES string of the molecule is Cc1noc(C)c1-c1cc(C(=O)NCCCN(C)CCCNC(=O)c2cc(-c3c(C)noc3C)c(C)n(-c3cccc(C(F)(F)F)c3)c2=O)c(=O)n(-c2cccc(C(F)(F)F)c2)c1C. The molecule has 13 nitrogen and oxygen atoms in total. The summed E-state index contributed by atoms with van der Waals surface area (Å²) in [6.45, 7) is 11.0. The molecule has 0 radical (unpaired) electrons. The molecule has 0 bridgehead atoms. The van der Waals surface area contributed by atoms with Crippen LogP contribution in [0.25, 0.3) is 33.6 Å². The molecule has 4 aromatic heterocycles. The van der Waals surface area contributed by atoms with Crippen LogP contribution in [0.5, 0.6) is 0 Å². The molecule has 0 saturated carbocycles. The van der Waals surface area contributed by atoms with Gasteiger partial charge in [-0.15, -0.1) is 0 Å². The first-order chi connectivity index (χ1) is 30.1. The Hall–Kier alpha value is -6.76. The summed E-state index contributed by atoms with van der Waals surface area (Å²) >= 11 is 0. The zero-order chi connectivity index (χ0) is 46.8. The number of aromatic nitrogens is 4.